The molecule has 0 saturated carbocycles. The molecule has 4 nitrogen and oxygen atoms in total. The highest BCUT2D eigenvalue weighted by molar-refractivity contribution is 6.35. The second-order valence-corrected chi connectivity index (χ2v) is 6.50. The van der Waals surface area contributed by atoms with Gasteiger partial charge in [-0.1, -0.05) is 23.2 Å². The molecule has 1 unspecified atom stereocenters. The second-order valence-electron chi connectivity index (χ2n) is 5.66. The van der Waals surface area contributed by atoms with E-state index in [-0.39, 0.29) is 12.0 Å². The summed E-state index contributed by atoms with van der Waals surface area (Å²) in [4.78, 5) is 16.6. The molecule has 0 aromatic heterocycles. The quantitative estimate of drug-likeness (QED) is 0.792. The van der Waals surface area contributed by atoms with E-state index in [0.29, 0.717) is 36.3 Å². The van der Waals surface area contributed by atoms with Crippen LogP contribution in [0.25, 0.3) is 0 Å². The minimum Gasteiger partial charge on any atom is -0.366 e. The van der Waals surface area contributed by atoms with Gasteiger partial charge in [-0.25, -0.2) is 0 Å². The van der Waals surface area contributed by atoms with E-state index < -0.39 is 0 Å². The van der Waals surface area contributed by atoms with Crippen LogP contribution in [-0.4, -0.2) is 55.1 Å². The number of hydrogen-bond donors (Lipinski definition) is 0. The van der Waals surface area contributed by atoms with E-state index in [2.05, 4.69) is 4.90 Å². The molecular formula is C15H18Cl2N2O2. The Morgan fingerprint density at radius 1 is 1.33 bits per heavy atom. The molecule has 0 N–H and O–H groups in total. The van der Waals surface area contributed by atoms with E-state index in [1.807, 2.05) is 18.0 Å². The lowest BCUT2D eigenvalue weighted by Gasteiger charge is -2.35. The number of amides is 1. The maximum Gasteiger partial charge on any atom is 0.253 e. The number of halogens is 2. The summed E-state index contributed by atoms with van der Waals surface area (Å²) in [5.41, 5.74) is 2.14. The number of nitrogens with zero attached hydrogens (tertiary/aromatic N) is 2. The standard InChI is InChI=1S/C15H18Cl2N2O2/c1-18-4-5-21-14(9-18)15(20)19-3-2-10-6-11(16)7-13(17)12(10)8-19/h6-7,14H,2-5,8-9H2,1H3. The van der Waals surface area contributed by atoms with E-state index in [9.17, 15) is 4.79 Å². The molecule has 2 aliphatic rings. The van der Waals surface area contributed by atoms with E-state index in [0.717, 1.165) is 24.1 Å². The molecule has 114 valence electrons. The van der Waals surface area contributed by atoms with Crippen LogP contribution in [0.5, 0.6) is 0 Å². The zero-order valence-corrected chi connectivity index (χ0v) is 13.5. The van der Waals surface area contributed by atoms with Crippen molar-refractivity contribution < 1.29 is 9.53 Å². The molecule has 3 rings (SSSR count). The smallest absolute Gasteiger partial charge is 0.253 e. The number of ether oxygens (including phenoxy) is 1. The first-order valence-electron chi connectivity index (χ1n) is 7.10. The normalized spacial score (nSPS) is 23.0. The topological polar surface area (TPSA) is 32.8 Å². The molecule has 1 fully saturated rings. The minimum atomic E-state index is -0.364. The Hall–Kier alpha value is -0.810. The Kier molecular flexibility index (Phi) is 4.41. The fraction of sp³-hybridized carbons (Fsp3) is 0.533. The van der Waals surface area contributed by atoms with Gasteiger partial charge in [-0.3, -0.25) is 4.79 Å². The van der Waals surface area contributed by atoms with Crippen molar-refractivity contribution in [1.29, 1.82) is 0 Å². The number of carbonyl (C=O) groups is 1. The van der Waals surface area contributed by atoms with Gasteiger partial charge >= 0.3 is 0 Å². The predicted octanol–water partition coefficient (Wildman–Crippen LogP) is 2.21. The highest BCUT2D eigenvalue weighted by Gasteiger charge is 2.31. The van der Waals surface area contributed by atoms with Gasteiger partial charge in [0.05, 0.1) is 6.61 Å². The van der Waals surface area contributed by atoms with Gasteiger partial charge in [-0.05, 0) is 36.7 Å². The van der Waals surface area contributed by atoms with Crippen LogP contribution in [0, 0.1) is 0 Å². The van der Waals surface area contributed by atoms with Crippen molar-refractivity contribution in [2.75, 3.05) is 33.3 Å². The third kappa shape index (κ3) is 3.19. The van der Waals surface area contributed by atoms with Crippen molar-refractivity contribution in [2.45, 2.75) is 19.1 Å². The summed E-state index contributed by atoms with van der Waals surface area (Å²) >= 11 is 12.3. The Labute approximate surface area is 134 Å². The molecule has 0 radical (unpaired) electrons. The fourth-order valence-electron chi connectivity index (χ4n) is 2.90. The van der Waals surface area contributed by atoms with Crippen LogP contribution in [0.15, 0.2) is 12.1 Å². The van der Waals surface area contributed by atoms with Crippen LogP contribution in [0.4, 0.5) is 0 Å². The van der Waals surface area contributed by atoms with Gasteiger partial charge in [0.15, 0.2) is 0 Å². The molecule has 21 heavy (non-hydrogen) atoms. The summed E-state index contributed by atoms with van der Waals surface area (Å²) in [7, 11) is 2.01. The molecule has 0 spiro atoms. The van der Waals surface area contributed by atoms with Crippen molar-refractivity contribution >= 4 is 29.1 Å². The van der Waals surface area contributed by atoms with Crippen molar-refractivity contribution in [3.05, 3.63) is 33.3 Å². The summed E-state index contributed by atoms with van der Waals surface area (Å²) < 4.78 is 5.61. The number of hydrogen-bond acceptors (Lipinski definition) is 3. The van der Waals surface area contributed by atoms with Crippen LogP contribution in [0.3, 0.4) is 0 Å². The van der Waals surface area contributed by atoms with E-state index in [4.69, 9.17) is 27.9 Å². The summed E-state index contributed by atoms with van der Waals surface area (Å²) in [6.07, 6.45) is 0.417. The molecule has 1 amide bonds. The highest BCUT2D eigenvalue weighted by atomic mass is 35.5. The number of morpholine rings is 1. The molecule has 2 heterocycles. The summed E-state index contributed by atoms with van der Waals surface area (Å²) in [6.45, 7) is 3.35. The van der Waals surface area contributed by atoms with Gasteiger partial charge in [0.25, 0.3) is 5.91 Å². The van der Waals surface area contributed by atoms with E-state index in [1.165, 1.54) is 0 Å². The van der Waals surface area contributed by atoms with Gasteiger partial charge in [0.1, 0.15) is 6.10 Å². The fourth-order valence-corrected chi connectivity index (χ4v) is 3.50. The van der Waals surface area contributed by atoms with Crippen molar-refractivity contribution in [1.82, 2.24) is 9.80 Å². The van der Waals surface area contributed by atoms with Crippen molar-refractivity contribution in [3.63, 3.8) is 0 Å². The molecule has 1 atom stereocenters. The van der Waals surface area contributed by atoms with E-state index in [1.54, 1.807) is 6.07 Å². The monoisotopic (exact) mass is 328 g/mol. The van der Waals surface area contributed by atoms with Crippen LogP contribution in [0.2, 0.25) is 10.0 Å². The third-order valence-corrected chi connectivity index (χ3v) is 4.66. The first kappa shape index (κ1) is 15.1. The predicted molar refractivity (Wildman–Crippen MR) is 82.8 cm³/mol. The van der Waals surface area contributed by atoms with Gasteiger partial charge in [0, 0.05) is 36.2 Å². The van der Waals surface area contributed by atoms with Crippen molar-refractivity contribution in [2.24, 2.45) is 0 Å². The number of rotatable bonds is 1. The minimum absolute atomic E-state index is 0.0539. The lowest BCUT2D eigenvalue weighted by Crippen LogP contribution is -2.50. The molecule has 2 aliphatic heterocycles. The number of fused-ring (bicyclic) bond motifs is 1. The van der Waals surface area contributed by atoms with Crippen LogP contribution in [0.1, 0.15) is 11.1 Å². The molecule has 1 aromatic carbocycles. The molecule has 0 bridgehead atoms. The van der Waals surface area contributed by atoms with Gasteiger partial charge in [-0.2, -0.15) is 0 Å². The summed E-state index contributed by atoms with van der Waals surface area (Å²) in [6, 6.07) is 3.68. The van der Waals surface area contributed by atoms with Crippen LogP contribution >= 0.6 is 23.2 Å². The Morgan fingerprint density at radius 3 is 2.90 bits per heavy atom. The number of benzene rings is 1. The molecule has 1 aromatic rings. The van der Waals surface area contributed by atoms with Gasteiger partial charge in [-0.15, -0.1) is 0 Å². The largest absolute Gasteiger partial charge is 0.366 e. The average Bonchev–Trinajstić information content (AvgIpc) is 2.46. The Morgan fingerprint density at radius 2 is 2.14 bits per heavy atom. The van der Waals surface area contributed by atoms with Gasteiger partial charge < -0.3 is 14.5 Å². The SMILES string of the molecule is CN1CCOC(C(=O)N2CCc3cc(Cl)cc(Cl)c3C2)C1. The highest BCUT2D eigenvalue weighted by Crippen LogP contribution is 2.30. The molecule has 1 saturated heterocycles. The van der Waals surface area contributed by atoms with Crippen molar-refractivity contribution in [3.8, 4) is 0 Å². The summed E-state index contributed by atoms with van der Waals surface area (Å²) in [5, 5.41) is 1.28. The van der Waals surface area contributed by atoms with E-state index >= 15 is 0 Å². The zero-order valence-electron chi connectivity index (χ0n) is 11.9. The molecule has 0 aliphatic carbocycles. The molecular weight excluding hydrogens is 311 g/mol. The first-order chi connectivity index (χ1) is 10.0. The maximum atomic E-state index is 12.6. The maximum absolute atomic E-state index is 12.6. The summed E-state index contributed by atoms with van der Waals surface area (Å²) in [5.74, 6) is 0.0539. The number of likely N-dealkylation sites (N-methyl/N-ethyl adjacent to an activating group) is 1. The first-order valence-corrected chi connectivity index (χ1v) is 7.86. The lowest BCUT2D eigenvalue weighted by atomic mass is 9.99. The third-order valence-electron chi connectivity index (χ3n) is 4.11. The van der Waals surface area contributed by atoms with Crippen LogP contribution < -0.4 is 0 Å². The average molecular weight is 329 g/mol. The van der Waals surface area contributed by atoms with Crippen LogP contribution in [-0.2, 0) is 22.5 Å². The zero-order chi connectivity index (χ0) is 15.0. The number of carbonyl (C=O) groups excluding carboxylic acids is 1. The lowest BCUT2D eigenvalue weighted by molar-refractivity contribution is -0.149. The second kappa shape index (κ2) is 6.13. The Bertz CT molecular complexity index is 565. The van der Waals surface area contributed by atoms with Gasteiger partial charge in [0.2, 0.25) is 0 Å². The Balaban J connectivity index is 1.75. The molecule has 6 heteroatoms.